The predicted octanol–water partition coefficient (Wildman–Crippen LogP) is 13.5. The van der Waals surface area contributed by atoms with E-state index in [2.05, 4.69) is 25.1 Å². The number of aliphatic hydroxyl groups is 1. The van der Waals surface area contributed by atoms with Crippen molar-refractivity contribution in [2.24, 2.45) is 16.8 Å². The number of hydrogen-bond donors (Lipinski definition) is 1. The fourth-order valence-corrected chi connectivity index (χ4v) is 4.68. The first-order valence-electron chi connectivity index (χ1n) is 15.7. The highest BCUT2D eigenvalue weighted by Gasteiger charge is 2.31. The largest absolute Gasteiger partial charge is 0.513 e. The number of halogens is 8. The molecule has 1 aliphatic carbocycles. The van der Waals surface area contributed by atoms with E-state index in [0.29, 0.717) is 33.7 Å². The zero-order valence-corrected chi connectivity index (χ0v) is 30.3. The summed E-state index contributed by atoms with van der Waals surface area (Å²) in [5.41, 5.74) is 0.0964. The van der Waals surface area contributed by atoms with Crippen molar-refractivity contribution >= 4 is 35.2 Å². The molecule has 270 valence electrons. The smallest absolute Gasteiger partial charge is 0.416 e. The molecule has 0 heterocycles. The Labute approximate surface area is 292 Å². The number of aliphatic imine (C=N–C) groups is 1. The lowest BCUT2D eigenvalue weighted by molar-refractivity contribution is -0.137. The Balaban J connectivity index is 0. The van der Waals surface area contributed by atoms with E-state index in [1.807, 2.05) is 20.8 Å². The Morgan fingerprint density at radius 3 is 1.77 bits per heavy atom. The van der Waals surface area contributed by atoms with Gasteiger partial charge in [-0.05, 0) is 67.5 Å². The zero-order valence-electron chi connectivity index (χ0n) is 28.8. The first-order chi connectivity index (χ1) is 22.3. The highest BCUT2D eigenvalue weighted by molar-refractivity contribution is 6.39. The molecule has 11 heteroatoms. The van der Waals surface area contributed by atoms with Crippen LogP contribution in [0.4, 0.5) is 26.3 Å². The van der Waals surface area contributed by atoms with Gasteiger partial charge in [0.15, 0.2) is 5.78 Å². The molecule has 3 nitrogen and oxygen atoms in total. The molecule has 0 unspecified atom stereocenters. The summed E-state index contributed by atoms with van der Waals surface area (Å²) in [7, 11) is 1.41. The molecule has 0 spiro atoms. The normalized spacial score (nSPS) is 16.2. The number of aliphatic hydroxyl groups excluding tert-OH is 1. The second-order valence-corrected chi connectivity index (χ2v) is 11.4. The molecule has 3 rings (SSSR count). The minimum absolute atomic E-state index is 0.00463. The van der Waals surface area contributed by atoms with E-state index in [-0.39, 0.29) is 11.4 Å². The van der Waals surface area contributed by atoms with Gasteiger partial charge in [-0.2, -0.15) is 26.3 Å². The zero-order chi connectivity index (χ0) is 37.7. The van der Waals surface area contributed by atoms with Gasteiger partial charge in [0.05, 0.1) is 26.9 Å². The van der Waals surface area contributed by atoms with Gasteiger partial charge < -0.3 is 5.11 Å². The van der Waals surface area contributed by atoms with E-state index >= 15 is 0 Å². The summed E-state index contributed by atoms with van der Waals surface area (Å²) in [5.74, 6) is 1.63. The molecule has 0 saturated heterocycles. The van der Waals surface area contributed by atoms with E-state index in [9.17, 15) is 31.1 Å². The summed E-state index contributed by atoms with van der Waals surface area (Å²) in [6.45, 7) is 17.8. The highest BCUT2D eigenvalue weighted by atomic mass is 35.5. The number of aryl methyl sites for hydroxylation is 1. The fourth-order valence-electron chi connectivity index (χ4n) is 4.07. The van der Waals surface area contributed by atoms with Crippen molar-refractivity contribution in [2.45, 2.75) is 92.4 Å². The third kappa shape index (κ3) is 18.5. The second kappa shape index (κ2) is 24.2. The number of alkyl halides is 6. The van der Waals surface area contributed by atoms with Gasteiger partial charge >= 0.3 is 12.4 Å². The lowest BCUT2D eigenvalue weighted by atomic mass is 9.82. The van der Waals surface area contributed by atoms with Crippen LogP contribution in [0.25, 0.3) is 0 Å². The molecule has 1 fully saturated rings. The van der Waals surface area contributed by atoms with Gasteiger partial charge in [-0.1, -0.05) is 108 Å². The number of allylic oxidation sites excluding steroid dienone is 4. The Hall–Kier alpha value is -3.04. The van der Waals surface area contributed by atoms with Crippen LogP contribution in [0.3, 0.4) is 0 Å². The Morgan fingerprint density at radius 1 is 0.958 bits per heavy atom. The SMILES string of the molecule is C=C(O)C1CCC(C)CC1.C=C/C(C=NC)=C(/C)C(F)(F)F.CC.CCC(=O)c1c(Cl)cccc1Cl.CCc1ccc(C(F)(F)F)cc1. The Kier molecular flexibility index (Phi) is 23.7. The van der Waals surface area contributed by atoms with Gasteiger partial charge in [0.25, 0.3) is 0 Å². The number of nitrogens with zero attached hydrogens (tertiary/aromatic N) is 1. The van der Waals surface area contributed by atoms with Crippen LogP contribution in [-0.4, -0.2) is 30.3 Å². The van der Waals surface area contributed by atoms with Gasteiger partial charge in [-0.25, -0.2) is 0 Å². The Bertz CT molecular complexity index is 1290. The molecule has 1 aliphatic rings. The molecule has 2 aromatic rings. The van der Waals surface area contributed by atoms with Gasteiger partial charge in [0.1, 0.15) is 0 Å². The quantitative estimate of drug-likeness (QED) is 0.106. The molecule has 0 aliphatic heterocycles. The molecule has 0 aromatic heterocycles. The van der Waals surface area contributed by atoms with Crippen LogP contribution in [0.1, 0.15) is 95.1 Å². The average Bonchev–Trinajstić information content (AvgIpc) is 3.04. The first-order valence-corrected chi connectivity index (χ1v) is 16.4. The molecule has 2 aromatic carbocycles. The summed E-state index contributed by atoms with van der Waals surface area (Å²) in [4.78, 5) is 14.8. The molecule has 0 amide bonds. The predicted molar refractivity (Wildman–Crippen MR) is 190 cm³/mol. The number of Topliss-reactive ketones (excluding diaryl/α,β-unsaturated/α-hetero) is 1. The number of ketones is 1. The molecule has 0 radical (unpaired) electrons. The molecule has 1 N–H and O–H groups in total. The number of benzene rings is 2. The maximum atomic E-state index is 12.0. The molecule has 0 atom stereocenters. The van der Waals surface area contributed by atoms with Crippen LogP contribution >= 0.6 is 23.2 Å². The van der Waals surface area contributed by atoms with Crippen LogP contribution in [0, 0.1) is 11.8 Å². The summed E-state index contributed by atoms with van der Waals surface area (Å²) < 4.78 is 72.2. The minimum atomic E-state index is -4.30. The van der Waals surface area contributed by atoms with Crippen LogP contribution in [-0.2, 0) is 12.6 Å². The monoisotopic (exact) mass is 723 g/mol. The molecular formula is C37H49Cl2F6NO2. The summed E-state index contributed by atoms with van der Waals surface area (Å²) in [6, 6.07) is 10.3. The standard InChI is InChI=1S/C9H8Cl2O.C9H9F3.C9H16O.C8H10F3N.C2H6/c1-2-8(12)9-6(10)4-3-5-7(9)11;1-2-7-3-5-8(6-4-7)9(10,11)12;1-7-3-5-9(6-4-7)8(2)10;1-4-7(5-12-3)6(2)8(9,10)11;1-2/h3-5H,2H2,1H3;3-6H,2H2,1H3;7,9-10H,2-6H2,1H3;4-5H,1H2,2-3H3;1-2H3/b;;;7-6+,12-5?;. The molecule has 0 bridgehead atoms. The van der Waals surface area contributed by atoms with Crippen molar-refractivity contribution in [1.29, 1.82) is 0 Å². The van der Waals surface area contributed by atoms with E-state index < -0.39 is 23.5 Å². The van der Waals surface area contributed by atoms with E-state index in [1.54, 1.807) is 25.1 Å². The van der Waals surface area contributed by atoms with Gasteiger partial charge in [-0.15, -0.1) is 0 Å². The van der Waals surface area contributed by atoms with E-state index in [4.69, 9.17) is 28.3 Å². The number of hydrogen-bond acceptors (Lipinski definition) is 3. The van der Waals surface area contributed by atoms with Crippen molar-refractivity contribution in [3.05, 3.63) is 105 Å². The minimum Gasteiger partial charge on any atom is -0.513 e. The van der Waals surface area contributed by atoms with Crippen LogP contribution in [0.2, 0.25) is 10.0 Å². The van der Waals surface area contributed by atoms with Crippen LogP contribution < -0.4 is 0 Å². The second-order valence-electron chi connectivity index (χ2n) is 10.5. The number of carbonyl (C=O) groups is 1. The van der Waals surface area contributed by atoms with Crippen molar-refractivity contribution in [1.82, 2.24) is 0 Å². The van der Waals surface area contributed by atoms with Gasteiger partial charge in [0.2, 0.25) is 0 Å². The van der Waals surface area contributed by atoms with Crippen LogP contribution in [0.5, 0.6) is 0 Å². The fraction of sp³-hybridized carbons (Fsp3) is 0.459. The molecular weight excluding hydrogens is 675 g/mol. The number of rotatable bonds is 6. The molecule has 48 heavy (non-hydrogen) atoms. The van der Waals surface area contributed by atoms with E-state index in [0.717, 1.165) is 62.1 Å². The van der Waals surface area contributed by atoms with Gasteiger partial charge in [-0.3, -0.25) is 9.79 Å². The summed E-state index contributed by atoms with van der Waals surface area (Å²) >= 11 is 11.6. The van der Waals surface area contributed by atoms with Crippen molar-refractivity contribution in [3.8, 4) is 0 Å². The lowest BCUT2D eigenvalue weighted by Gasteiger charge is -2.24. The average molecular weight is 725 g/mol. The van der Waals surface area contributed by atoms with Crippen molar-refractivity contribution in [3.63, 3.8) is 0 Å². The Morgan fingerprint density at radius 2 is 1.44 bits per heavy atom. The third-order valence-corrected chi connectivity index (χ3v) is 7.72. The first kappa shape index (κ1) is 47.1. The van der Waals surface area contributed by atoms with Gasteiger partial charge in [0, 0.05) is 31.2 Å². The summed E-state index contributed by atoms with van der Waals surface area (Å²) in [5, 5.41) is 9.92. The van der Waals surface area contributed by atoms with Crippen LogP contribution in [0.15, 0.2) is 83.6 Å². The van der Waals surface area contributed by atoms with E-state index in [1.165, 1.54) is 32.0 Å². The maximum absolute atomic E-state index is 12.0. The van der Waals surface area contributed by atoms with Crippen molar-refractivity contribution < 1.29 is 36.2 Å². The number of carbonyl (C=O) groups excluding carboxylic acids is 1. The topological polar surface area (TPSA) is 49.7 Å². The highest BCUT2D eigenvalue weighted by Crippen LogP contribution is 2.31. The van der Waals surface area contributed by atoms with Crippen molar-refractivity contribution in [2.75, 3.05) is 7.05 Å². The lowest BCUT2D eigenvalue weighted by Crippen LogP contribution is -2.13. The summed E-state index contributed by atoms with van der Waals surface area (Å²) in [6.07, 6.45) is -0.286. The third-order valence-electron chi connectivity index (χ3n) is 7.09. The maximum Gasteiger partial charge on any atom is 0.416 e. The molecule has 1 saturated carbocycles.